The van der Waals surface area contributed by atoms with Crippen LogP contribution in [0.1, 0.15) is 92.4 Å². The van der Waals surface area contributed by atoms with Crippen molar-refractivity contribution in [1.82, 2.24) is 5.32 Å². The monoisotopic (exact) mass is 403 g/mol. The van der Waals surface area contributed by atoms with Crippen molar-refractivity contribution in [2.75, 3.05) is 6.54 Å². The van der Waals surface area contributed by atoms with Crippen molar-refractivity contribution in [2.45, 2.75) is 110 Å². The van der Waals surface area contributed by atoms with Gasteiger partial charge in [-0.1, -0.05) is 38.8 Å². The summed E-state index contributed by atoms with van der Waals surface area (Å²) < 4.78 is 0. The molecule has 166 valence electrons. The number of aliphatic hydroxyl groups is 2. The van der Waals surface area contributed by atoms with Crippen molar-refractivity contribution < 1.29 is 10.2 Å². The second-order valence-electron chi connectivity index (χ2n) is 12.0. The number of rotatable bonds is 5. The van der Waals surface area contributed by atoms with E-state index in [1.54, 1.807) is 5.57 Å². The minimum atomic E-state index is -0.644. The van der Waals surface area contributed by atoms with E-state index in [0.29, 0.717) is 23.3 Å². The van der Waals surface area contributed by atoms with Crippen LogP contribution in [-0.4, -0.2) is 34.5 Å². The molecule has 0 amide bonds. The fourth-order valence-corrected chi connectivity index (χ4v) is 8.65. The van der Waals surface area contributed by atoms with E-state index in [1.165, 1.54) is 38.5 Å². The SMILES string of the molecule is CCCCN[C@@H]1C[C@H]2[C@@H]3CC=C4C[C@@H](O)CC[C@]4(C)[C@H]3CC[C@]2(C)[C@H]1C(C)(C)O. The normalized spacial score (nSPS) is 47.2. The molecule has 0 aromatic rings. The molecular weight excluding hydrogens is 358 g/mol. The lowest BCUT2D eigenvalue weighted by molar-refractivity contribution is -0.0983. The smallest absolute Gasteiger partial charge is 0.0639 e. The number of hydrogen-bond acceptors (Lipinski definition) is 3. The molecule has 0 bridgehead atoms. The summed E-state index contributed by atoms with van der Waals surface area (Å²) in [4.78, 5) is 0. The van der Waals surface area contributed by atoms with E-state index < -0.39 is 5.60 Å². The van der Waals surface area contributed by atoms with Crippen LogP contribution in [0.3, 0.4) is 0 Å². The van der Waals surface area contributed by atoms with Gasteiger partial charge in [0.2, 0.25) is 0 Å². The molecule has 0 aromatic carbocycles. The van der Waals surface area contributed by atoms with Crippen LogP contribution in [-0.2, 0) is 0 Å². The van der Waals surface area contributed by atoms with Gasteiger partial charge in [0.25, 0.3) is 0 Å². The lowest BCUT2D eigenvalue weighted by atomic mass is 9.47. The number of fused-ring (bicyclic) bond motifs is 5. The number of aliphatic hydroxyl groups excluding tert-OH is 1. The Morgan fingerprint density at radius 1 is 1.17 bits per heavy atom. The molecule has 0 saturated heterocycles. The third-order valence-corrected chi connectivity index (χ3v) is 9.83. The average molecular weight is 404 g/mol. The molecule has 0 radical (unpaired) electrons. The molecular formula is C26H45NO2. The van der Waals surface area contributed by atoms with E-state index in [0.717, 1.165) is 37.6 Å². The summed E-state index contributed by atoms with van der Waals surface area (Å²) in [6.45, 7) is 12.4. The van der Waals surface area contributed by atoms with Crippen LogP contribution in [0, 0.1) is 34.5 Å². The Bertz CT molecular complexity index is 637. The molecule has 3 fully saturated rings. The van der Waals surface area contributed by atoms with Crippen molar-refractivity contribution in [3.05, 3.63) is 11.6 Å². The summed E-state index contributed by atoms with van der Waals surface area (Å²) in [5.74, 6) is 2.51. The van der Waals surface area contributed by atoms with Gasteiger partial charge in [0.05, 0.1) is 11.7 Å². The molecule has 4 aliphatic carbocycles. The molecule has 0 aromatic heterocycles. The minimum Gasteiger partial charge on any atom is -0.393 e. The molecule has 3 nitrogen and oxygen atoms in total. The van der Waals surface area contributed by atoms with Crippen molar-refractivity contribution in [2.24, 2.45) is 34.5 Å². The zero-order valence-corrected chi connectivity index (χ0v) is 19.5. The van der Waals surface area contributed by atoms with Gasteiger partial charge in [0.1, 0.15) is 0 Å². The summed E-state index contributed by atoms with van der Waals surface area (Å²) >= 11 is 0. The molecule has 0 heterocycles. The van der Waals surface area contributed by atoms with Crippen LogP contribution in [0.2, 0.25) is 0 Å². The minimum absolute atomic E-state index is 0.127. The molecule has 3 N–H and O–H groups in total. The van der Waals surface area contributed by atoms with E-state index >= 15 is 0 Å². The van der Waals surface area contributed by atoms with E-state index in [2.05, 4.69) is 46.0 Å². The predicted molar refractivity (Wildman–Crippen MR) is 120 cm³/mol. The fraction of sp³-hybridized carbons (Fsp3) is 0.923. The largest absolute Gasteiger partial charge is 0.393 e. The summed E-state index contributed by atoms with van der Waals surface area (Å²) in [5.41, 5.74) is 1.42. The first-order valence-corrected chi connectivity index (χ1v) is 12.4. The summed E-state index contributed by atoms with van der Waals surface area (Å²) in [7, 11) is 0. The highest BCUT2D eigenvalue weighted by Gasteiger charge is 2.63. The van der Waals surface area contributed by atoms with Crippen molar-refractivity contribution >= 4 is 0 Å². The third-order valence-electron chi connectivity index (χ3n) is 9.83. The van der Waals surface area contributed by atoms with E-state index in [4.69, 9.17) is 0 Å². The van der Waals surface area contributed by atoms with Gasteiger partial charge in [0.15, 0.2) is 0 Å². The molecule has 4 aliphatic rings. The Hall–Kier alpha value is -0.380. The average Bonchev–Trinajstić information content (AvgIpc) is 2.95. The number of hydrogen-bond donors (Lipinski definition) is 3. The maximum absolute atomic E-state index is 11.2. The zero-order chi connectivity index (χ0) is 21.0. The fourth-order valence-electron chi connectivity index (χ4n) is 8.65. The van der Waals surface area contributed by atoms with Crippen molar-refractivity contribution in [1.29, 1.82) is 0 Å². The molecule has 0 aliphatic heterocycles. The molecule has 29 heavy (non-hydrogen) atoms. The van der Waals surface area contributed by atoms with Gasteiger partial charge in [-0.05, 0) is 100 Å². The summed E-state index contributed by atoms with van der Waals surface area (Å²) in [6.07, 6.45) is 12.8. The Balaban J connectivity index is 1.63. The number of unbranched alkanes of at least 4 members (excludes halogenated alkanes) is 1. The van der Waals surface area contributed by atoms with Crippen LogP contribution >= 0.6 is 0 Å². The topological polar surface area (TPSA) is 52.5 Å². The predicted octanol–water partition coefficient (Wildman–Crippen LogP) is 5.07. The standard InChI is InChI=1S/C26H45NO2/c1-6-7-14-27-22-16-21-19-9-8-17-15-18(28)10-12-25(17,4)20(19)11-13-26(21,5)23(22)24(2,3)29/h8,18-23,27-29H,6-7,9-16H2,1-5H3/t18-,19+,20-,21-,22+,23+,25-,26-/m0/s1. The molecule has 3 heteroatoms. The maximum Gasteiger partial charge on any atom is 0.0639 e. The van der Waals surface area contributed by atoms with Crippen molar-refractivity contribution in [3.63, 3.8) is 0 Å². The second kappa shape index (κ2) is 7.64. The van der Waals surface area contributed by atoms with Gasteiger partial charge in [0, 0.05) is 12.0 Å². The van der Waals surface area contributed by atoms with Gasteiger partial charge in [-0.25, -0.2) is 0 Å². The van der Waals surface area contributed by atoms with Gasteiger partial charge in [-0.2, -0.15) is 0 Å². The molecule has 0 unspecified atom stereocenters. The quantitative estimate of drug-likeness (QED) is 0.444. The Morgan fingerprint density at radius 3 is 2.62 bits per heavy atom. The Kier molecular flexibility index (Phi) is 5.75. The van der Waals surface area contributed by atoms with Crippen LogP contribution in [0.15, 0.2) is 11.6 Å². The van der Waals surface area contributed by atoms with Gasteiger partial charge >= 0.3 is 0 Å². The highest BCUT2D eigenvalue weighted by atomic mass is 16.3. The van der Waals surface area contributed by atoms with E-state index in [9.17, 15) is 10.2 Å². The first-order valence-electron chi connectivity index (χ1n) is 12.4. The first kappa shape index (κ1) is 21.8. The Labute approximate surface area is 178 Å². The third kappa shape index (κ3) is 3.53. The number of nitrogens with one attached hydrogen (secondary N) is 1. The Morgan fingerprint density at radius 2 is 1.93 bits per heavy atom. The summed E-state index contributed by atoms with van der Waals surface area (Å²) in [6, 6.07) is 0.432. The molecule has 4 rings (SSSR count). The first-order chi connectivity index (χ1) is 13.6. The number of allylic oxidation sites excluding steroid dienone is 1. The van der Waals surface area contributed by atoms with Crippen LogP contribution < -0.4 is 5.32 Å². The zero-order valence-electron chi connectivity index (χ0n) is 19.5. The molecule has 3 saturated carbocycles. The molecule has 0 spiro atoms. The van der Waals surface area contributed by atoms with Gasteiger partial charge in [-0.15, -0.1) is 0 Å². The van der Waals surface area contributed by atoms with Crippen LogP contribution in [0.5, 0.6) is 0 Å². The highest BCUT2D eigenvalue weighted by molar-refractivity contribution is 5.26. The van der Waals surface area contributed by atoms with Gasteiger partial charge < -0.3 is 15.5 Å². The van der Waals surface area contributed by atoms with E-state index in [-0.39, 0.29) is 11.5 Å². The van der Waals surface area contributed by atoms with Crippen LogP contribution in [0.25, 0.3) is 0 Å². The lowest BCUT2D eigenvalue weighted by Gasteiger charge is -2.58. The molecule has 8 atom stereocenters. The van der Waals surface area contributed by atoms with Crippen molar-refractivity contribution in [3.8, 4) is 0 Å². The highest BCUT2D eigenvalue weighted by Crippen LogP contribution is 2.67. The van der Waals surface area contributed by atoms with Crippen LogP contribution in [0.4, 0.5) is 0 Å². The van der Waals surface area contributed by atoms with Gasteiger partial charge in [-0.3, -0.25) is 0 Å². The summed E-state index contributed by atoms with van der Waals surface area (Å²) in [5, 5.41) is 25.3. The lowest BCUT2D eigenvalue weighted by Crippen LogP contribution is -2.54. The van der Waals surface area contributed by atoms with E-state index in [1.807, 2.05) is 0 Å². The maximum atomic E-state index is 11.2. The second-order valence-corrected chi connectivity index (χ2v) is 12.0.